The van der Waals surface area contributed by atoms with Gasteiger partial charge in [0.05, 0.1) is 0 Å². The summed E-state index contributed by atoms with van der Waals surface area (Å²) in [4.78, 5) is 18.1. The van der Waals surface area contributed by atoms with E-state index in [9.17, 15) is 4.79 Å². The predicted octanol–water partition coefficient (Wildman–Crippen LogP) is 2.73. The molecule has 0 aliphatic rings. The van der Waals surface area contributed by atoms with Gasteiger partial charge in [0.25, 0.3) is 5.91 Å². The van der Waals surface area contributed by atoms with Gasteiger partial charge < -0.3 is 10.2 Å². The molecule has 0 saturated heterocycles. The second-order valence-corrected chi connectivity index (χ2v) is 5.17. The number of thioether (sulfide) groups is 1. The Balaban J connectivity index is 2.63. The molecular weight excluding hydrogens is 258 g/mol. The first kappa shape index (κ1) is 15.8. The van der Waals surface area contributed by atoms with Gasteiger partial charge in [0, 0.05) is 31.5 Å². The average Bonchev–Trinajstić information content (AvgIpc) is 2.45. The minimum atomic E-state index is -0.00207. The van der Waals surface area contributed by atoms with E-state index < -0.39 is 0 Å². The van der Waals surface area contributed by atoms with Gasteiger partial charge in [-0.3, -0.25) is 9.78 Å². The van der Waals surface area contributed by atoms with Crippen LogP contribution in [0.1, 0.15) is 30.8 Å². The van der Waals surface area contributed by atoms with Crippen LogP contribution in [0.15, 0.2) is 18.3 Å². The Morgan fingerprint density at radius 1 is 1.42 bits per heavy atom. The zero-order chi connectivity index (χ0) is 14.1. The largest absolute Gasteiger partial charge is 0.385 e. The molecule has 0 radical (unpaired) electrons. The minimum Gasteiger partial charge on any atom is -0.385 e. The molecule has 0 fully saturated rings. The number of nitrogens with one attached hydrogen (secondary N) is 1. The molecule has 1 heterocycles. The van der Waals surface area contributed by atoms with E-state index in [2.05, 4.69) is 16.6 Å². The van der Waals surface area contributed by atoms with Crippen LogP contribution in [0.2, 0.25) is 0 Å². The summed E-state index contributed by atoms with van der Waals surface area (Å²) in [5, 5.41) is 3.33. The monoisotopic (exact) mass is 281 g/mol. The van der Waals surface area contributed by atoms with Crippen LogP contribution < -0.4 is 5.32 Å². The Kier molecular flexibility index (Phi) is 7.33. The van der Waals surface area contributed by atoms with E-state index in [1.165, 1.54) is 0 Å². The third-order valence-electron chi connectivity index (χ3n) is 2.88. The molecule has 1 N–H and O–H groups in total. The molecule has 106 valence electrons. The zero-order valence-electron chi connectivity index (χ0n) is 12.0. The molecule has 0 saturated carbocycles. The van der Waals surface area contributed by atoms with Gasteiger partial charge in [-0.2, -0.15) is 11.8 Å². The lowest BCUT2D eigenvalue weighted by Crippen LogP contribution is -2.31. The van der Waals surface area contributed by atoms with E-state index in [0.717, 1.165) is 24.4 Å². The van der Waals surface area contributed by atoms with Gasteiger partial charge in [0.1, 0.15) is 5.69 Å². The first-order valence-corrected chi connectivity index (χ1v) is 8.10. The summed E-state index contributed by atoms with van der Waals surface area (Å²) < 4.78 is 0. The molecule has 0 aliphatic carbocycles. The number of pyridine rings is 1. The van der Waals surface area contributed by atoms with Gasteiger partial charge >= 0.3 is 0 Å². The van der Waals surface area contributed by atoms with E-state index in [0.29, 0.717) is 18.8 Å². The molecule has 1 aromatic heterocycles. The number of hydrogen-bond donors (Lipinski definition) is 1. The standard InChI is InChI=1S/C14H23N3OS/c1-4-17(5-2)14(18)13-11-12(7-9-16-13)15-8-6-10-19-3/h7,9,11H,4-6,8,10H2,1-3H3,(H,15,16). The summed E-state index contributed by atoms with van der Waals surface area (Å²) in [6.45, 7) is 6.30. The van der Waals surface area contributed by atoms with E-state index in [4.69, 9.17) is 0 Å². The molecule has 1 aromatic rings. The zero-order valence-corrected chi connectivity index (χ0v) is 12.8. The average molecular weight is 281 g/mol. The van der Waals surface area contributed by atoms with Gasteiger partial charge in [-0.15, -0.1) is 0 Å². The molecule has 0 atom stereocenters. The molecule has 0 aliphatic heterocycles. The van der Waals surface area contributed by atoms with Gasteiger partial charge in [-0.1, -0.05) is 0 Å². The first-order valence-electron chi connectivity index (χ1n) is 6.71. The highest BCUT2D eigenvalue weighted by Gasteiger charge is 2.13. The van der Waals surface area contributed by atoms with E-state index in [1.54, 1.807) is 11.1 Å². The molecule has 0 bridgehead atoms. The van der Waals surface area contributed by atoms with Crippen LogP contribution in [-0.4, -0.2) is 47.4 Å². The van der Waals surface area contributed by atoms with Crippen molar-refractivity contribution >= 4 is 23.4 Å². The molecule has 5 heteroatoms. The maximum absolute atomic E-state index is 12.2. The van der Waals surface area contributed by atoms with Crippen LogP contribution in [0.5, 0.6) is 0 Å². The van der Waals surface area contributed by atoms with E-state index >= 15 is 0 Å². The first-order chi connectivity index (χ1) is 9.22. The number of amides is 1. The number of carbonyl (C=O) groups excluding carboxylic acids is 1. The summed E-state index contributed by atoms with van der Waals surface area (Å²) in [5.41, 5.74) is 1.48. The quantitative estimate of drug-likeness (QED) is 0.744. The molecule has 4 nitrogen and oxygen atoms in total. The lowest BCUT2D eigenvalue weighted by molar-refractivity contribution is 0.0767. The Hall–Kier alpha value is -1.23. The van der Waals surface area contributed by atoms with E-state index in [1.807, 2.05) is 37.7 Å². The van der Waals surface area contributed by atoms with Crippen molar-refractivity contribution in [1.29, 1.82) is 0 Å². The normalized spacial score (nSPS) is 10.3. The van der Waals surface area contributed by atoms with Crippen molar-refractivity contribution in [2.24, 2.45) is 0 Å². The van der Waals surface area contributed by atoms with Crippen molar-refractivity contribution < 1.29 is 4.79 Å². The Bertz CT molecular complexity index is 394. The highest BCUT2D eigenvalue weighted by atomic mass is 32.2. The SMILES string of the molecule is CCN(CC)C(=O)c1cc(NCCCSC)ccn1. The van der Waals surface area contributed by atoms with Crippen LogP contribution in [-0.2, 0) is 0 Å². The third kappa shape index (κ3) is 5.11. The highest BCUT2D eigenvalue weighted by molar-refractivity contribution is 7.98. The number of anilines is 1. The van der Waals surface area contributed by atoms with Gasteiger partial charge in [0.2, 0.25) is 0 Å². The molecule has 1 amide bonds. The third-order valence-corrected chi connectivity index (χ3v) is 3.58. The molecule has 1 rings (SSSR count). The van der Waals surface area contributed by atoms with Crippen LogP contribution in [0.3, 0.4) is 0 Å². The number of aromatic nitrogens is 1. The Labute approximate surface area is 120 Å². The Morgan fingerprint density at radius 2 is 2.16 bits per heavy atom. The van der Waals surface area contributed by atoms with Crippen molar-refractivity contribution in [3.05, 3.63) is 24.0 Å². The van der Waals surface area contributed by atoms with Gasteiger partial charge in [-0.25, -0.2) is 0 Å². The van der Waals surface area contributed by atoms with Crippen molar-refractivity contribution in [3.8, 4) is 0 Å². The van der Waals surface area contributed by atoms with Crippen molar-refractivity contribution in [2.75, 3.05) is 37.0 Å². The van der Waals surface area contributed by atoms with Crippen molar-refractivity contribution in [3.63, 3.8) is 0 Å². The van der Waals surface area contributed by atoms with Gasteiger partial charge in [0.15, 0.2) is 0 Å². The summed E-state index contributed by atoms with van der Waals surface area (Å²) in [6.07, 6.45) is 4.91. The van der Waals surface area contributed by atoms with Crippen molar-refractivity contribution in [1.82, 2.24) is 9.88 Å². The molecule has 0 unspecified atom stereocenters. The van der Waals surface area contributed by atoms with Crippen LogP contribution >= 0.6 is 11.8 Å². The fraction of sp³-hybridized carbons (Fsp3) is 0.571. The summed E-state index contributed by atoms with van der Waals surface area (Å²) in [5.74, 6) is 1.14. The minimum absolute atomic E-state index is 0.00207. The number of rotatable bonds is 8. The molecule has 0 aromatic carbocycles. The van der Waals surface area contributed by atoms with Crippen LogP contribution in [0, 0.1) is 0 Å². The second-order valence-electron chi connectivity index (χ2n) is 4.18. The fourth-order valence-corrected chi connectivity index (χ4v) is 2.21. The summed E-state index contributed by atoms with van der Waals surface area (Å²) >= 11 is 1.84. The van der Waals surface area contributed by atoms with Crippen LogP contribution in [0.25, 0.3) is 0 Å². The lowest BCUT2D eigenvalue weighted by Gasteiger charge is -2.18. The Morgan fingerprint density at radius 3 is 2.79 bits per heavy atom. The molecular formula is C14H23N3OS. The second kappa shape index (κ2) is 8.80. The summed E-state index contributed by atoms with van der Waals surface area (Å²) in [6, 6.07) is 3.73. The summed E-state index contributed by atoms with van der Waals surface area (Å²) in [7, 11) is 0. The number of hydrogen-bond acceptors (Lipinski definition) is 4. The van der Waals surface area contributed by atoms with E-state index in [-0.39, 0.29) is 5.91 Å². The maximum atomic E-state index is 12.2. The van der Waals surface area contributed by atoms with Crippen LogP contribution in [0.4, 0.5) is 5.69 Å². The topological polar surface area (TPSA) is 45.2 Å². The van der Waals surface area contributed by atoms with Gasteiger partial charge in [-0.05, 0) is 44.4 Å². The smallest absolute Gasteiger partial charge is 0.272 e. The number of carbonyl (C=O) groups is 1. The lowest BCUT2D eigenvalue weighted by atomic mass is 10.2. The number of nitrogens with zero attached hydrogens (tertiary/aromatic N) is 2. The fourth-order valence-electron chi connectivity index (χ4n) is 1.78. The molecule has 0 spiro atoms. The predicted molar refractivity (Wildman–Crippen MR) is 83.0 cm³/mol. The maximum Gasteiger partial charge on any atom is 0.272 e. The highest BCUT2D eigenvalue weighted by Crippen LogP contribution is 2.10. The molecule has 19 heavy (non-hydrogen) atoms. The van der Waals surface area contributed by atoms with Crippen molar-refractivity contribution in [2.45, 2.75) is 20.3 Å².